The Morgan fingerprint density at radius 2 is 2.00 bits per heavy atom. The lowest BCUT2D eigenvalue weighted by Crippen LogP contribution is -2.41. The highest BCUT2D eigenvalue weighted by Gasteiger charge is 2.15. The zero-order valence-corrected chi connectivity index (χ0v) is 12.3. The van der Waals surface area contributed by atoms with Crippen LogP contribution in [0.2, 0.25) is 0 Å². The topological polar surface area (TPSA) is 91.3 Å². The second-order valence-electron chi connectivity index (χ2n) is 5.21. The van der Waals surface area contributed by atoms with Crippen LogP contribution in [0, 0.1) is 6.92 Å². The van der Waals surface area contributed by atoms with E-state index in [2.05, 4.69) is 15.6 Å². The average molecular weight is 285 g/mol. The van der Waals surface area contributed by atoms with Gasteiger partial charge >= 0.3 is 5.97 Å². The summed E-state index contributed by atoms with van der Waals surface area (Å²) in [6.07, 6.45) is 0.318. The molecule has 19 heavy (non-hydrogen) atoms. The number of amides is 1. The Morgan fingerprint density at radius 1 is 1.37 bits per heavy atom. The van der Waals surface area contributed by atoms with Gasteiger partial charge in [-0.2, -0.15) is 0 Å². The Labute approximate surface area is 116 Å². The smallest absolute Gasteiger partial charge is 0.347 e. The quantitative estimate of drug-likeness (QED) is 0.768. The number of aromatic carboxylic acids is 1. The maximum atomic E-state index is 11.6. The molecule has 3 N–H and O–H groups in total. The van der Waals surface area contributed by atoms with Crippen LogP contribution >= 0.6 is 11.3 Å². The molecule has 0 radical (unpaired) electrons. The number of hydrogen-bond donors (Lipinski definition) is 3. The van der Waals surface area contributed by atoms with Gasteiger partial charge in [-0.1, -0.05) is 11.3 Å². The van der Waals surface area contributed by atoms with Crippen LogP contribution in [0.15, 0.2) is 0 Å². The first kappa shape index (κ1) is 15.4. The first-order chi connectivity index (χ1) is 8.69. The van der Waals surface area contributed by atoms with Crippen molar-refractivity contribution in [3.63, 3.8) is 0 Å². The van der Waals surface area contributed by atoms with Gasteiger partial charge in [0.15, 0.2) is 5.13 Å². The summed E-state index contributed by atoms with van der Waals surface area (Å²) in [6.45, 7) is 7.83. The fourth-order valence-corrected chi connectivity index (χ4v) is 2.26. The van der Waals surface area contributed by atoms with Crippen molar-refractivity contribution in [1.29, 1.82) is 0 Å². The van der Waals surface area contributed by atoms with E-state index in [4.69, 9.17) is 5.11 Å². The Morgan fingerprint density at radius 3 is 2.47 bits per heavy atom. The van der Waals surface area contributed by atoms with Crippen molar-refractivity contribution in [2.24, 2.45) is 0 Å². The Kier molecular flexibility index (Phi) is 4.88. The van der Waals surface area contributed by atoms with Crippen LogP contribution in [0.5, 0.6) is 0 Å². The molecule has 0 aliphatic heterocycles. The first-order valence-electron chi connectivity index (χ1n) is 5.94. The number of aryl methyl sites for hydroxylation is 1. The van der Waals surface area contributed by atoms with Gasteiger partial charge in [0.2, 0.25) is 5.91 Å². The fraction of sp³-hybridized carbons (Fsp3) is 0.583. The number of nitrogens with zero attached hydrogens (tertiary/aromatic N) is 1. The van der Waals surface area contributed by atoms with E-state index in [9.17, 15) is 9.59 Å². The van der Waals surface area contributed by atoms with Crippen LogP contribution < -0.4 is 10.6 Å². The summed E-state index contributed by atoms with van der Waals surface area (Å²) in [6, 6.07) is 0. The average Bonchev–Trinajstić information content (AvgIpc) is 2.57. The van der Waals surface area contributed by atoms with Crippen molar-refractivity contribution in [1.82, 2.24) is 10.3 Å². The van der Waals surface area contributed by atoms with Gasteiger partial charge in [-0.15, -0.1) is 0 Å². The summed E-state index contributed by atoms with van der Waals surface area (Å²) in [5, 5.41) is 15.2. The molecule has 0 spiro atoms. The molecule has 0 bridgehead atoms. The van der Waals surface area contributed by atoms with Crippen molar-refractivity contribution < 1.29 is 14.7 Å². The monoisotopic (exact) mass is 285 g/mol. The molecule has 0 saturated heterocycles. The summed E-state index contributed by atoms with van der Waals surface area (Å²) in [5.74, 6) is -1.03. The summed E-state index contributed by atoms with van der Waals surface area (Å²) in [4.78, 5) is 26.7. The largest absolute Gasteiger partial charge is 0.477 e. The van der Waals surface area contributed by atoms with Crippen molar-refractivity contribution in [2.45, 2.75) is 39.7 Å². The molecule has 0 unspecified atom stereocenters. The number of rotatable bonds is 5. The Hall–Kier alpha value is -1.63. The summed E-state index contributed by atoms with van der Waals surface area (Å²) < 4.78 is 0. The number of nitrogens with one attached hydrogen (secondary N) is 2. The number of aromatic nitrogens is 1. The standard InChI is InChI=1S/C12H19N3O3S/c1-7-9(10(17)18)19-11(14-7)13-6-5-8(16)15-12(2,3)4/h5-6H2,1-4H3,(H,13,14)(H,15,16)(H,17,18). The molecule has 0 atom stereocenters. The third-order valence-electron chi connectivity index (χ3n) is 2.13. The van der Waals surface area contributed by atoms with Gasteiger partial charge < -0.3 is 15.7 Å². The van der Waals surface area contributed by atoms with Crippen LogP contribution in [-0.2, 0) is 4.79 Å². The maximum Gasteiger partial charge on any atom is 0.347 e. The summed E-state index contributed by atoms with van der Waals surface area (Å²) >= 11 is 1.08. The normalized spacial score (nSPS) is 11.2. The van der Waals surface area contributed by atoms with E-state index in [0.717, 1.165) is 11.3 Å². The molecule has 1 amide bonds. The number of hydrogen-bond acceptors (Lipinski definition) is 5. The van der Waals surface area contributed by atoms with E-state index < -0.39 is 5.97 Å². The van der Waals surface area contributed by atoms with Crippen LogP contribution in [0.25, 0.3) is 0 Å². The molecule has 0 saturated carbocycles. The number of carboxylic acids is 1. The van der Waals surface area contributed by atoms with Gasteiger partial charge in [-0.3, -0.25) is 4.79 Å². The lowest BCUT2D eigenvalue weighted by atomic mass is 10.1. The van der Waals surface area contributed by atoms with E-state index in [0.29, 0.717) is 23.8 Å². The van der Waals surface area contributed by atoms with Crippen molar-refractivity contribution in [3.8, 4) is 0 Å². The number of anilines is 1. The third kappa shape index (κ3) is 5.25. The predicted molar refractivity (Wildman–Crippen MR) is 74.8 cm³/mol. The number of carbonyl (C=O) groups excluding carboxylic acids is 1. The summed E-state index contributed by atoms with van der Waals surface area (Å²) in [7, 11) is 0. The molecule has 0 aliphatic rings. The highest BCUT2D eigenvalue weighted by Crippen LogP contribution is 2.22. The van der Waals surface area contributed by atoms with Gasteiger partial charge in [-0.25, -0.2) is 9.78 Å². The lowest BCUT2D eigenvalue weighted by molar-refractivity contribution is -0.122. The number of carbonyl (C=O) groups is 2. The minimum atomic E-state index is -0.978. The van der Waals surface area contributed by atoms with Gasteiger partial charge in [0.25, 0.3) is 0 Å². The molecule has 0 aromatic carbocycles. The predicted octanol–water partition coefficient (Wildman–Crippen LogP) is 1.87. The Bertz CT molecular complexity index is 477. The van der Waals surface area contributed by atoms with Gasteiger partial charge in [0.05, 0.1) is 5.69 Å². The molecule has 1 heterocycles. The fourth-order valence-electron chi connectivity index (χ4n) is 1.43. The van der Waals surface area contributed by atoms with Gasteiger partial charge in [0, 0.05) is 18.5 Å². The molecule has 6 nitrogen and oxygen atoms in total. The molecule has 7 heteroatoms. The van der Waals surface area contributed by atoms with E-state index >= 15 is 0 Å². The van der Waals surface area contributed by atoms with Crippen molar-refractivity contribution in [3.05, 3.63) is 10.6 Å². The van der Waals surface area contributed by atoms with Crippen LogP contribution in [0.1, 0.15) is 42.6 Å². The zero-order valence-electron chi connectivity index (χ0n) is 11.5. The number of thiazole rings is 1. The lowest BCUT2D eigenvalue weighted by Gasteiger charge is -2.20. The van der Waals surface area contributed by atoms with E-state index in [1.807, 2.05) is 20.8 Å². The zero-order chi connectivity index (χ0) is 14.6. The second kappa shape index (κ2) is 6.01. The second-order valence-corrected chi connectivity index (χ2v) is 6.21. The highest BCUT2D eigenvalue weighted by atomic mass is 32.1. The molecule has 0 fully saturated rings. The molecule has 1 aromatic rings. The molecular weight excluding hydrogens is 266 g/mol. The number of carboxylic acid groups (broad SMARTS) is 1. The van der Waals surface area contributed by atoms with Gasteiger partial charge in [-0.05, 0) is 27.7 Å². The van der Waals surface area contributed by atoms with Crippen LogP contribution in [-0.4, -0.2) is 34.1 Å². The minimum absolute atomic E-state index is 0.0493. The van der Waals surface area contributed by atoms with Crippen molar-refractivity contribution >= 4 is 28.3 Å². The minimum Gasteiger partial charge on any atom is -0.477 e. The molecule has 0 aliphatic carbocycles. The van der Waals surface area contributed by atoms with Crippen molar-refractivity contribution in [2.75, 3.05) is 11.9 Å². The summed E-state index contributed by atoms with van der Waals surface area (Å²) in [5.41, 5.74) is 0.241. The SMILES string of the molecule is Cc1nc(NCCC(=O)NC(C)(C)C)sc1C(=O)O. The molecule has 1 aromatic heterocycles. The van der Waals surface area contributed by atoms with E-state index in [1.54, 1.807) is 6.92 Å². The molecule has 106 valence electrons. The first-order valence-corrected chi connectivity index (χ1v) is 6.76. The van der Waals surface area contributed by atoms with E-state index in [-0.39, 0.29) is 16.3 Å². The third-order valence-corrected chi connectivity index (χ3v) is 3.24. The van der Waals surface area contributed by atoms with Crippen LogP contribution in [0.4, 0.5) is 5.13 Å². The molecule has 1 rings (SSSR count). The van der Waals surface area contributed by atoms with E-state index in [1.165, 1.54) is 0 Å². The van der Waals surface area contributed by atoms with Gasteiger partial charge in [0.1, 0.15) is 4.88 Å². The maximum absolute atomic E-state index is 11.6. The highest BCUT2D eigenvalue weighted by molar-refractivity contribution is 7.17. The Balaban J connectivity index is 2.44. The van der Waals surface area contributed by atoms with Crippen LogP contribution in [0.3, 0.4) is 0 Å². The molecular formula is C12H19N3O3S.